The molecule has 3 heterocycles. The van der Waals surface area contributed by atoms with Crippen molar-refractivity contribution in [2.75, 3.05) is 0 Å². The molecular formula is C19H15N5O2S2. The molecule has 3 aromatic heterocycles. The molecule has 0 aliphatic heterocycles. The van der Waals surface area contributed by atoms with Crippen molar-refractivity contribution in [2.24, 2.45) is 7.05 Å². The van der Waals surface area contributed by atoms with Crippen LogP contribution in [-0.4, -0.2) is 25.4 Å². The van der Waals surface area contributed by atoms with Crippen LogP contribution in [0.4, 0.5) is 0 Å². The predicted molar refractivity (Wildman–Crippen MR) is 111 cm³/mol. The highest BCUT2D eigenvalue weighted by atomic mass is 32.1. The second-order valence-corrected chi connectivity index (χ2v) is 7.43. The summed E-state index contributed by atoms with van der Waals surface area (Å²) in [4.78, 5) is 36.2. The van der Waals surface area contributed by atoms with Crippen LogP contribution in [0.25, 0.3) is 22.2 Å². The van der Waals surface area contributed by atoms with Gasteiger partial charge in [-0.3, -0.25) is 19.1 Å². The number of H-pyrrole nitrogens is 1. The van der Waals surface area contributed by atoms with E-state index in [1.165, 1.54) is 15.9 Å². The fourth-order valence-corrected chi connectivity index (χ4v) is 3.69. The van der Waals surface area contributed by atoms with Crippen LogP contribution in [0.5, 0.6) is 0 Å². The lowest BCUT2D eigenvalue weighted by Gasteiger charge is -2.06. The van der Waals surface area contributed by atoms with Gasteiger partial charge in [0.2, 0.25) is 0 Å². The van der Waals surface area contributed by atoms with Gasteiger partial charge in [-0.05, 0) is 42.5 Å². The Morgan fingerprint density at radius 2 is 2.07 bits per heavy atom. The number of pyridine rings is 1. The molecule has 0 fully saturated rings. The van der Waals surface area contributed by atoms with E-state index in [4.69, 9.17) is 12.2 Å². The van der Waals surface area contributed by atoms with Gasteiger partial charge in [-0.1, -0.05) is 0 Å². The Hall–Kier alpha value is -3.17. The van der Waals surface area contributed by atoms with Gasteiger partial charge in [0.1, 0.15) is 5.01 Å². The maximum Gasteiger partial charge on any atom is 0.261 e. The van der Waals surface area contributed by atoms with E-state index in [1.807, 2.05) is 17.5 Å². The van der Waals surface area contributed by atoms with E-state index in [2.05, 4.69) is 20.3 Å². The van der Waals surface area contributed by atoms with Crippen molar-refractivity contribution >= 4 is 40.4 Å². The van der Waals surface area contributed by atoms with Gasteiger partial charge in [-0.15, -0.1) is 11.3 Å². The lowest BCUT2D eigenvalue weighted by Crippen LogP contribution is -2.23. The van der Waals surface area contributed by atoms with Crippen LogP contribution in [0.2, 0.25) is 0 Å². The fraction of sp³-hybridized carbons (Fsp3) is 0.105. The molecule has 0 spiro atoms. The first kappa shape index (κ1) is 18.2. The average molecular weight is 409 g/mol. The molecule has 4 aromatic rings. The topological polar surface area (TPSA) is 92.7 Å². The number of aromatic nitrogens is 4. The normalized spacial score (nSPS) is 10.9. The number of fused-ring (bicyclic) bond motifs is 1. The summed E-state index contributed by atoms with van der Waals surface area (Å²) in [5, 5.41) is 6.09. The number of carbonyl (C=O) groups is 1. The summed E-state index contributed by atoms with van der Waals surface area (Å²) in [6.45, 7) is 0.319. The van der Waals surface area contributed by atoms with Crippen LogP contribution in [0, 0.1) is 4.77 Å². The van der Waals surface area contributed by atoms with Crippen LogP contribution >= 0.6 is 23.6 Å². The molecule has 28 heavy (non-hydrogen) atoms. The monoisotopic (exact) mass is 409 g/mol. The number of benzene rings is 1. The highest BCUT2D eigenvalue weighted by Crippen LogP contribution is 2.21. The maximum absolute atomic E-state index is 12.5. The minimum Gasteiger partial charge on any atom is -0.346 e. The molecular weight excluding hydrogens is 394 g/mol. The third-order valence-corrected chi connectivity index (χ3v) is 5.52. The molecule has 0 bridgehead atoms. The SMILES string of the molecule is Cn1c(=S)[nH]c2cc(C(=O)NCc3nc(-c4ccncc4)cs3)ccc2c1=O. The molecule has 0 aliphatic rings. The number of hydrogen-bond donors (Lipinski definition) is 2. The zero-order valence-electron chi connectivity index (χ0n) is 14.8. The van der Waals surface area contributed by atoms with Crippen molar-refractivity contribution in [2.45, 2.75) is 6.54 Å². The summed E-state index contributed by atoms with van der Waals surface area (Å²) in [5.41, 5.74) is 2.62. The highest BCUT2D eigenvalue weighted by Gasteiger charge is 2.11. The average Bonchev–Trinajstić information content (AvgIpc) is 3.20. The number of nitrogens with one attached hydrogen (secondary N) is 2. The Bertz CT molecular complexity index is 1290. The zero-order chi connectivity index (χ0) is 19.7. The van der Waals surface area contributed by atoms with Gasteiger partial charge in [0.05, 0.1) is 23.1 Å². The quantitative estimate of drug-likeness (QED) is 0.506. The highest BCUT2D eigenvalue weighted by molar-refractivity contribution is 7.71. The van der Waals surface area contributed by atoms with Crippen LogP contribution in [0.3, 0.4) is 0 Å². The number of hydrogen-bond acceptors (Lipinski definition) is 6. The van der Waals surface area contributed by atoms with E-state index in [0.717, 1.165) is 16.3 Å². The molecule has 0 unspecified atom stereocenters. The summed E-state index contributed by atoms with van der Waals surface area (Å²) >= 11 is 6.61. The molecule has 0 saturated carbocycles. The standard InChI is InChI=1S/C19H15N5O2S2/c1-24-18(26)13-3-2-12(8-14(13)23-19(24)27)17(25)21-9-16-22-15(10-28-16)11-4-6-20-7-5-11/h2-8,10H,9H2,1H3,(H,21,25)(H,23,27). The number of nitrogens with zero attached hydrogens (tertiary/aromatic N) is 3. The first-order valence-electron chi connectivity index (χ1n) is 8.39. The number of carbonyl (C=O) groups excluding carboxylic acids is 1. The summed E-state index contributed by atoms with van der Waals surface area (Å²) in [7, 11) is 1.61. The second kappa shape index (κ2) is 7.45. The molecule has 140 valence electrons. The van der Waals surface area contributed by atoms with Crippen LogP contribution in [0.15, 0.2) is 52.9 Å². The minimum absolute atomic E-state index is 0.197. The predicted octanol–water partition coefficient (Wildman–Crippen LogP) is 3.04. The molecule has 4 rings (SSSR count). The number of thiazole rings is 1. The first-order chi connectivity index (χ1) is 13.5. The van der Waals surface area contributed by atoms with E-state index in [1.54, 1.807) is 37.6 Å². The Morgan fingerprint density at radius 3 is 2.86 bits per heavy atom. The van der Waals surface area contributed by atoms with E-state index in [-0.39, 0.29) is 11.5 Å². The maximum atomic E-state index is 12.5. The number of amides is 1. The molecule has 0 saturated heterocycles. The van der Waals surface area contributed by atoms with Gasteiger partial charge in [0.15, 0.2) is 4.77 Å². The van der Waals surface area contributed by atoms with Crippen molar-refractivity contribution in [1.82, 2.24) is 24.8 Å². The first-order valence-corrected chi connectivity index (χ1v) is 9.68. The van der Waals surface area contributed by atoms with Gasteiger partial charge < -0.3 is 10.3 Å². The Labute approximate surface area is 168 Å². The van der Waals surface area contributed by atoms with Crippen molar-refractivity contribution in [3.05, 3.63) is 73.8 Å². The van der Waals surface area contributed by atoms with E-state index in [9.17, 15) is 9.59 Å². The van der Waals surface area contributed by atoms with Gasteiger partial charge in [-0.25, -0.2) is 4.98 Å². The summed E-state index contributed by atoms with van der Waals surface area (Å²) in [5.74, 6) is -0.248. The third kappa shape index (κ3) is 3.49. The van der Waals surface area contributed by atoms with Crippen LogP contribution in [-0.2, 0) is 13.6 Å². The lowest BCUT2D eigenvalue weighted by molar-refractivity contribution is 0.0951. The molecule has 1 aromatic carbocycles. The molecule has 1 amide bonds. The molecule has 0 radical (unpaired) electrons. The summed E-state index contributed by atoms with van der Waals surface area (Å²) in [6.07, 6.45) is 3.43. The molecule has 0 aliphatic carbocycles. The Kier molecular flexibility index (Phi) is 4.84. The van der Waals surface area contributed by atoms with Crippen molar-refractivity contribution in [3.8, 4) is 11.3 Å². The molecule has 9 heteroatoms. The third-order valence-electron chi connectivity index (χ3n) is 4.29. The molecule has 7 nitrogen and oxygen atoms in total. The molecule has 0 atom stereocenters. The van der Waals surface area contributed by atoms with E-state index >= 15 is 0 Å². The van der Waals surface area contributed by atoms with Gasteiger partial charge in [-0.2, -0.15) is 0 Å². The Morgan fingerprint density at radius 1 is 1.29 bits per heavy atom. The van der Waals surface area contributed by atoms with Crippen LogP contribution in [0.1, 0.15) is 15.4 Å². The molecule has 2 N–H and O–H groups in total. The zero-order valence-corrected chi connectivity index (χ0v) is 16.4. The fourth-order valence-electron chi connectivity index (χ4n) is 2.75. The van der Waals surface area contributed by atoms with Crippen molar-refractivity contribution in [3.63, 3.8) is 0 Å². The number of rotatable bonds is 4. The minimum atomic E-state index is -0.248. The lowest BCUT2D eigenvalue weighted by atomic mass is 10.1. The van der Waals surface area contributed by atoms with E-state index in [0.29, 0.717) is 27.8 Å². The van der Waals surface area contributed by atoms with Gasteiger partial charge >= 0.3 is 0 Å². The van der Waals surface area contributed by atoms with Crippen LogP contribution < -0.4 is 10.9 Å². The second-order valence-electron chi connectivity index (χ2n) is 6.10. The van der Waals surface area contributed by atoms with Crippen molar-refractivity contribution < 1.29 is 4.79 Å². The summed E-state index contributed by atoms with van der Waals surface area (Å²) in [6, 6.07) is 8.66. The largest absolute Gasteiger partial charge is 0.346 e. The van der Waals surface area contributed by atoms with Crippen molar-refractivity contribution in [1.29, 1.82) is 0 Å². The summed E-state index contributed by atoms with van der Waals surface area (Å²) < 4.78 is 1.67. The van der Waals surface area contributed by atoms with Gasteiger partial charge in [0, 0.05) is 35.9 Å². The van der Waals surface area contributed by atoms with Gasteiger partial charge in [0.25, 0.3) is 11.5 Å². The van der Waals surface area contributed by atoms with E-state index < -0.39 is 0 Å². The smallest absolute Gasteiger partial charge is 0.261 e. The Balaban J connectivity index is 1.51. The number of aromatic amines is 1.